The highest BCUT2D eigenvalue weighted by molar-refractivity contribution is 5.78. The van der Waals surface area contributed by atoms with Crippen molar-refractivity contribution in [2.24, 2.45) is 5.92 Å². The minimum absolute atomic E-state index is 0.231. The molecule has 0 aromatic rings. The van der Waals surface area contributed by atoms with Gasteiger partial charge in [-0.05, 0) is 27.4 Å². The Labute approximate surface area is 63.2 Å². The maximum Gasteiger partial charge on any atom is 0.134 e. The fourth-order valence-electron chi connectivity index (χ4n) is 0.986. The SMILES string of the molecule is CCC(CN(C)C)C(C)=O. The van der Waals surface area contributed by atoms with Crippen LogP contribution in [-0.4, -0.2) is 31.3 Å². The summed E-state index contributed by atoms with van der Waals surface area (Å²) in [4.78, 5) is 12.9. The lowest BCUT2D eigenvalue weighted by molar-refractivity contribution is -0.121. The maximum atomic E-state index is 10.9. The first-order valence-corrected chi connectivity index (χ1v) is 3.73. The third-order valence-electron chi connectivity index (χ3n) is 1.65. The molecule has 0 bridgehead atoms. The van der Waals surface area contributed by atoms with E-state index in [2.05, 4.69) is 11.8 Å². The van der Waals surface area contributed by atoms with Crippen molar-refractivity contribution < 1.29 is 4.79 Å². The third-order valence-corrected chi connectivity index (χ3v) is 1.65. The van der Waals surface area contributed by atoms with Crippen LogP contribution in [0, 0.1) is 5.92 Å². The van der Waals surface area contributed by atoms with E-state index in [4.69, 9.17) is 0 Å². The van der Waals surface area contributed by atoms with E-state index in [0.717, 1.165) is 13.0 Å². The number of nitrogens with zero attached hydrogens (tertiary/aromatic N) is 1. The normalized spacial score (nSPS) is 13.7. The van der Waals surface area contributed by atoms with E-state index in [1.54, 1.807) is 6.92 Å². The van der Waals surface area contributed by atoms with Gasteiger partial charge in [-0.3, -0.25) is 4.79 Å². The van der Waals surface area contributed by atoms with Crippen LogP contribution in [0.4, 0.5) is 0 Å². The molecule has 2 heteroatoms. The number of rotatable bonds is 4. The van der Waals surface area contributed by atoms with Gasteiger partial charge in [-0.25, -0.2) is 0 Å². The highest BCUT2D eigenvalue weighted by atomic mass is 16.1. The molecule has 0 fully saturated rings. The molecular weight excluding hydrogens is 126 g/mol. The van der Waals surface area contributed by atoms with E-state index in [1.165, 1.54) is 0 Å². The zero-order valence-electron chi connectivity index (χ0n) is 7.35. The second-order valence-corrected chi connectivity index (χ2v) is 2.98. The molecule has 2 nitrogen and oxygen atoms in total. The molecule has 60 valence electrons. The van der Waals surface area contributed by atoms with Gasteiger partial charge < -0.3 is 4.90 Å². The van der Waals surface area contributed by atoms with Gasteiger partial charge in [0.05, 0.1) is 0 Å². The number of hydrogen-bond donors (Lipinski definition) is 0. The van der Waals surface area contributed by atoms with Gasteiger partial charge in [0.15, 0.2) is 0 Å². The zero-order chi connectivity index (χ0) is 8.15. The van der Waals surface area contributed by atoms with Crippen LogP contribution in [0.25, 0.3) is 0 Å². The highest BCUT2D eigenvalue weighted by Gasteiger charge is 2.11. The van der Waals surface area contributed by atoms with Crippen LogP contribution >= 0.6 is 0 Å². The predicted octanol–water partition coefficient (Wildman–Crippen LogP) is 1.16. The second-order valence-electron chi connectivity index (χ2n) is 2.98. The summed E-state index contributed by atoms with van der Waals surface area (Å²) in [6.45, 7) is 4.60. The van der Waals surface area contributed by atoms with Crippen LogP contribution in [0.15, 0.2) is 0 Å². The maximum absolute atomic E-state index is 10.9. The molecule has 0 saturated heterocycles. The van der Waals surface area contributed by atoms with Gasteiger partial charge in [-0.1, -0.05) is 6.92 Å². The summed E-state index contributed by atoms with van der Waals surface area (Å²) in [6.07, 6.45) is 0.952. The topological polar surface area (TPSA) is 20.3 Å². The molecule has 0 radical (unpaired) electrons. The molecule has 0 aliphatic carbocycles. The Bertz CT molecular complexity index is 110. The lowest BCUT2D eigenvalue weighted by Crippen LogP contribution is -2.25. The molecule has 0 aromatic heterocycles. The van der Waals surface area contributed by atoms with Gasteiger partial charge in [-0.15, -0.1) is 0 Å². The Balaban J connectivity index is 3.72. The first kappa shape index (κ1) is 9.63. The molecule has 10 heavy (non-hydrogen) atoms. The molecule has 1 atom stereocenters. The van der Waals surface area contributed by atoms with E-state index >= 15 is 0 Å². The average Bonchev–Trinajstić information content (AvgIpc) is 1.81. The molecule has 0 heterocycles. The van der Waals surface area contributed by atoms with Crippen molar-refractivity contribution in [2.75, 3.05) is 20.6 Å². The first-order chi connectivity index (χ1) is 4.57. The fraction of sp³-hybridized carbons (Fsp3) is 0.875. The summed E-state index contributed by atoms with van der Waals surface area (Å²) in [5.74, 6) is 0.534. The first-order valence-electron chi connectivity index (χ1n) is 3.73. The average molecular weight is 143 g/mol. The van der Waals surface area contributed by atoms with E-state index in [-0.39, 0.29) is 5.92 Å². The minimum Gasteiger partial charge on any atom is -0.309 e. The second kappa shape index (κ2) is 4.45. The molecule has 0 rings (SSSR count). The van der Waals surface area contributed by atoms with Gasteiger partial charge in [-0.2, -0.15) is 0 Å². The molecule has 0 amide bonds. The van der Waals surface area contributed by atoms with Gasteiger partial charge in [0, 0.05) is 12.5 Å². The summed E-state index contributed by atoms with van der Waals surface area (Å²) in [6, 6.07) is 0. The number of carbonyl (C=O) groups excluding carboxylic acids is 1. The van der Waals surface area contributed by atoms with Crippen molar-refractivity contribution in [3.8, 4) is 0 Å². The lowest BCUT2D eigenvalue weighted by atomic mass is 10.0. The van der Waals surface area contributed by atoms with E-state index in [9.17, 15) is 4.79 Å². The van der Waals surface area contributed by atoms with Gasteiger partial charge in [0.25, 0.3) is 0 Å². The smallest absolute Gasteiger partial charge is 0.134 e. The molecule has 0 saturated carbocycles. The zero-order valence-corrected chi connectivity index (χ0v) is 7.35. The summed E-state index contributed by atoms with van der Waals surface area (Å²) in [5.41, 5.74) is 0. The number of hydrogen-bond acceptors (Lipinski definition) is 2. The van der Waals surface area contributed by atoms with Crippen molar-refractivity contribution in [1.29, 1.82) is 0 Å². The van der Waals surface area contributed by atoms with Gasteiger partial charge in [0.2, 0.25) is 0 Å². The number of Topliss-reactive ketones (excluding diaryl/α,β-unsaturated/α-hetero) is 1. The van der Waals surface area contributed by atoms with Crippen molar-refractivity contribution in [3.63, 3.8) is 0 Å². The highest BCUT2D eigenvalue weighted by Crippen LogP contribution is 2.03. The van der Waals surface area contributed by atoms with Crippen molar-refractivity contribution in [1.82, 2.24) is 4.90 Å². The Morgan fingerprint density at radius 3 is 2.10 bits per heavy atom. The molecule has 0 spiro atoms. The Kier molecular flexibility index (Phi) is 4.28. The summed E-state index contributed by atoms with van der Waals surface area (Å²) in [5, 5.41) is 0. The standard InChI is InChI=1S/C8H17NO/c1-5-8(7(2)10)6-9(3)4/h8H,5-6H2,1-4H3. The van der Waals surface area contributed by atoms with E-state index in [1.807, 2.05) is 14.1 Å². The fourth-order valence-corrected chi connectivity index (χ4v) is 0.986. The van der Waals surface area contributed by atoms with E-state index in [0.29, 0.717) is 5.78 Å². The largest absolute Gasteiger partial charge is 0.309 e. The molecule has 0 aromatic carbocycles. The monoisotopic (exact) mass is 143 g/mol. The van der Waals surface area contributed by atoms with Gasteiger partial charge >= 0.3 is 0 Å². The van der Waals surface area contributed by atoms with Crippen LogP contribution in [0.3, 0.4) is 0 Å². The molecule has 1 unspecified atom stereocenters. The Hall–Kier alpha value is -0.370. The van der Waals surface area contributed by atoms with E-state index < -0.39 is 0 Å². The summed E-state index contributed by atoms with van der Waals surface area (Å²) >= 11 is 0. The van der Waals surface area contributed by atoms with Crippen LogP contribution in [-0.2, 0) is 4.79 Å². The van der Waals surface area contributed by atoms with Crippen LogP contribution < -0.4 is 0 Å². The third kappa shape index (κ3) is 3.62. The predicted molar refractivity (Wildman–Crippen MR) is 43.0 cm³/mol. The van der Waals surface area contributed by atoms with Crippen molar-refractivity contribution in [3.05, 3.63) is 0 Å². The van der Waals surface area contributed by atoms with Crippen LogP contribution in [0.2, 0.25) is 0 Å². The number of carbonyl (C=O) groups is 1. The Morgan fingerprint density at radius 2 is 2.00 bits per heavy atom. The molecule has 0 N–H and O–H groups in total. The minimum atomic E-state index is 0.231. The molecule has 0 aliphatic rings. The van der Waals surface area contributed by atoms with Crippen LogP contribution in [0.1, 0.15) is 20.3 Å². The Morgan fingerprint density at radius 1 is 1.50 bits per heavy atom. The van der Waals surface area contributed by atoms with Gasteiger partial charge in [0.1, 0.15) is 5.78 Å². The van der Waals surface area contributed by atoms with Crippen molar-refractivity contribution in [2.45, 2.75) is 20.3 Å². The summed E-state index contributed by atoms with van der Waals surface area (Å²) < 4.78 is 0. The summed E-state index contributed by atoms with van der Waals surface area (Å²) in [7, 11) is 3.98. The van der Waals surface area contributed by atoms with Crippen molar-refractivity contribution >= 4 is 5.78 Å². The quantitative estimate of drug-likeness (QED) is 0.588. The lowest BCUT2D eigenvalue weighted by Gasteiger charge is -2.16. The number of ketones is 1. The van der Waals surface area contributed by atoms with Crippen LogP contribution in [0.5, 0.6) is 0 Å². The molecular formula is C8H17NO. The molecule has 0 aliphatic heterocycles.